The minimum absolute atomic E-state index is 0.233. The maximum atomic E-state index is 12.0. The van der Waals surface area contributed by atoms with Crippen molar-refractivity contribution in [2.45, 2.75) is 33.6 Å². The summed E-state index contributed by atoms with van der Waals surface area (Å²) < 4.78 is 4.86. The molecular weight excluding hydrogens is 382 g/mol. The number of hydrogen-bond donors (Lipinski definition) is 3. The van der Waals surface area contributed by atoms with Crippen molar-refractivity contribution in [1.82, 2.24) is 15.3 Å². The van der Waals surface area contributed by atoms with Gasteiger partial charge in [0.2, 0.25) is 5.91 Å². The Hall–Kier alpha value is -2.67. The van der Waals surface area contributed by atoms with Gasteiger partial charge in [0.05, 0.1) is 11.0 Å². The van der Waals surface area contributed by atoms with E-state index in [1.807, 2.05) is 24.3 Å². The SMILES string of the molecule is CC1=CC(CNC(=O)COCC(=O)O)C(C(C)C)CC1Cc1nc2ccccc2[nH]1. The Morgan fingerprint density at radius 2 is 2.07 bits per heavy atom. The van der Waals surface area contributed by atoms with Crippen LogP contribution < -0.4 is 5.32 Å². The molecule has 0 radical (unpaired) electrons. The molecular formula is C23H31N3O4. The quantitative estimate of drug-likeness (QED) is 0.548. The van der Waals surface area contributed by atoms with Gasteiger partial charge < -0.3 is 20.1 Å². The van der Waals surface area contributed by atoms with E-state index in [2.05, 4.69) is 37.1 Å². The molecule has 3 atom stereocenters. The summed E-state index contributed by atoms with van der Waals surface area (Å²) in [6, 6.07) is 8.08. The minimum atomic E-state index is -1.08. The van der Waals surface area contributed by atoms with Crippen molar-refractivity contribution < 1.29 is 19.4 Å². The second-order valence-electron chi connectivity index (χ2n) is 8.51. The third-order valence-corrected chi connectivity index (χ3v) is 5.96. The van der Waals surface area contributed by atoms with Crippen LogP contribution in [0.15, 0.2) is 35.9 Å². The lowest BCUT2D eigenvalue weighted by molar-refractivity contribution is -0.143. The van der Waals surface area contributed by atoms with Gasteiger partial charge in [-0.05, 0) is 49.1 Å². The number of carboxylic acids is 1. The molecule has 0 saturated heterocycles. The first-order valence-electron chi connectivity index (χ1n) is 10.5. The number of para-hydroxylation sites is 2. The van der Waals surface area contributed by atoms with E-state index in [4.69, 9.17) is 14.8 Å². The Labute approximate surface area is 176 Å². The lowest BCUT2D eigenvalue weighted by Crippen LogP contribution is -2.38. The zero-order valence-corrected chi connectivity index (χ0v) is 17.9. The molecule has 30 heavy (non-hydrogen) atoms. The van der Waals surface area contributed by atoms with Crippen molar-refractivity contribution in [2.24, 2.45) is 23.7 Å². The highest BCUT2D eigenvalue weighted by Gasteiger charge is 2.32. The number of aromatic nitrogens is 2. The first-order chi connectivity index (χ1) is 14.3. The number of aliphatic carboxylic acids is 1. The molecule has 0 spiro atoms. The number of hydrogen-bond acceptors (Lipinski definition) is 4. The van der Waals surface area contributed by atoms with Gasteiger partial charge in [-0.1, -0.05) is 37.6 Å². The van der Waals surface area contributed by atoms with Crippen molar-refractivity contribution in [3.8, 4) is 0 Å². The van der Waals surface area contributed by atoms with E-state index < -0.39 is 12.6 Å². The highest BCUT2D eigenvalue weighted by molar-refractivity contribution is 5.77. The Morgan fingerprint density at radius 3 is 2.77 bits per heavy atom. The van der Waals surface area contributed by atoms with Crippen LogP contribution >= 0.6 is 0 Å². The molecule has 1 aromatic heterocycles. The van der Waals surface area contributed by atoms with E-state index in [0.717, 1.165) is 29.7 Å². The highest BCUT2D eigenvalue weighted by Crippen LogP contribution is 2.38. The van der Waals surface area contributed by atoms with Crippen molar-refractivity contribution in [1.29, 1.82) is 0 Å². The lowest BCUT2D eigenvalue weighted by atomic mass is 9.70. The van der Waals surface area contributed by atoms with Crippen LogP contribution in [-0.4, -0.2) is 46.7 Å². The first kappa shape index (κ1) is 22.0. The molecule has 0 saturated carbocycles. The summed E-state index contributed by atoms with van der Waals surface area (Å²) in [5, 5.41) is 11.5. The van der Waals surface area contributed by atoms with Crippen molar-refractivity contribution in [3.05, 3.63) is 41.7 Å². The summed E-state index contributed by atoms with van der Waals surface area (Å²) in [5.41, 5.74) is 3.39. The number of amides is 1. The Kier molecular flexibility index (Phi) is 7.26. The van der Waals surface area contributed by atoms with Crippen LogP contribution in [0.3, 0.4) is 0 Å². The number of H-pyrrole nitrogens is 1. The molecule has 0 bridgehead atoms. The van der Waals surface area contributed by atoms with Gasteiger partial charge in [-0.25, -0.2) is 9.78 Å². The van der Waals surface area contributed by atoms with E-state index in [1.165, 1.54) is 5.57 Å². The van der Waals surface area contributed by atoms with E-state index in [-0.39, 0.29) is 18.4 Å². The van der Waals surface area contributed by atoms with Gasteiger partial charge in [0, 0.05) is 13.0 Å². The van der Waals surface area contributed by atoms with Crippen molar-refractivity contribution >= 4 is 22.9 Å². The van der Waals surface area contributed by atoms with E-state index in [9.17, 15) is 9.59 Å². The molecule has 0 aliphatic heterocycles. The normalized spacial score (nSPS) is 21.6. The number of nitrogens with zero attached hydrogens (tertiary/aromatic N) is 1. The summed E-state index contributed by atoms with van der Waals surface area (Å²) in [7, 11) is 0. The zero-order valence-electron chi connectivity index (χ0n) is 17.9. The number of allylic oxidation sites excluding steroid dienone is 1. The smallest absolute Gasteiger partial charge is 0.329 e. The molecule has 3 N–H and O–H groups in total. The highest BCUT2D eigenvalue weighted by atomic mass is 16.5. The van der Waals surface area contributed by atoms with Gasteiger partial charge in [-0.15, -0.1) is 0 Å². The van der Waals surface area contributed by atoms with Gasteiger partial charge >= 0.3 is 5.97 Å². The van der Waals surface area contributed by atoms with Gasteiger partial charge in [-0.2, -0.15) is 0 Å². The van der Waals surface area contributed by atoms with Gasteiger partial charge in [0.15, 0.2) is 0 Å². The number of carbonyl (C=O) groups is 2. The number of ether oxygens (including phenoxy) is 1. The number of rotatable bonds is 9. The standard InChI is InChI=1S/C23H31N3O4/c1-14(2)18-9-16(10-21-25-19-6-4-5-7-20(19)26-21)15(3)8-17(18)11-24-22(27)12-30-13-23(28)29/h4-8,14,16-18H,9-13H2,1-3H3,(H,24,27)(H,25,26)(H,28,29). The molecule has 1 aromatic carbocycles. The third-order valence-electron chi connectivity index (χ3n) is 5.96. The van der Waals surface area contributed by atoms with Crippen LogP contribution in [0.2, 0.25) is 0 Å². The summed E-state index contributed by atoms with van der Waals surface area (Å²) in [6.07, 6.45) is 4.22. The number of nitrogens with one attached hydrogen (secondary N) is 2. The molecule has 1 aliphatic rings. The first-order valence-corrected chi connectivity index (χ1v) is 10.5. The monoisotopic (exact) mass is 413 g/mol. The van der Waals surface area contributed by atoms with Crippen LogP contribution in [-0.2, 0) is 20.7 Å². The van der Waals surface area contributed by atoms with E-state index >= 15 is 0 Å². The second-order valence-corrected chi connectivity index (χ2v) is 8.51. The summed E-state index contributed by atoms with van der Waals surface area (Å²) in [5.74, 6) is 1.25. The third kappa shape index (κ3) is 5.69. The number of aromatic amines is 1. The fraction of sp³-hybridized carbons (Fsp3) is 0.522. The van der Waals surface area contributed by atoms with E-state index in [1.54, 1.807) is 0 Å². The molecule has 3 rings (SSSR count). The molecule has 7 heteroatoms. The number of carbonyl (C=O) groups excluding carboxylic acids is 1. The Balaban J connectivity index is 1.62. The molecule has 1 heterocycles. The van der Waals surface area contributed by atoms with Crippen molar-refractivity contribution in [2.75, 3.05) is 19.8 Å². The van der Waals surface area contributed by atoms with Crippen LogP contribution in [0.4, 0.5) is 0 Å². The predicted molar refractivity (Wildman–Crippen MR) is 115 cm³/mol. The number of benzene rings is 1. The molecule has 0 fully saturated rings. The van der Waals surface area contributed by atoms with E-state index in [0.29, 0.717) is 24.3 Å². The molecule has 1 aliphatic carbocycles. The average molecular weight is 414 g/mol. The largest absolute Gasteiger partial charge is 0.480 e. The Morgan fingerprint density at radius 1 is 1.30 bits per heavy atom. The predicted octanol–water partition coefficient (Wildman–Crippen LogP) is 3.18. The number of carboxylic acid groups (broad SMARTS) is 1. The Bertz CT molecular complexity index is 885. The van der Waals surface area contributed by atoms with Crippen LogP contribution in [0, 0.1) is 23.7 Å². The summed E-state index contributed by atoms with van der Waals surface area (Å²) in [4.78, 5) is 30.6. The summed E-state index contributed by atoms with van der Waals surface area (Å²) >= 11 is 0. The molecule has 2 aromatic rings. The van der Waals surface area contributed by atoms with Crippen LogP contribution in [0.1, 0.15) is 33.0 Å². The zero-order chi connectivity index (χ0) is 21.7. The molecule has 7 nitrogen and oxygen atoms in total. The maximum Gasteiger partial charge on any atom is 0.329 e. The van der Waals surface area contributed by atoms with Gasteiger partial charge in [0.25, 0.3) is 0 Å². The molecule has 162 valence electrons. The fourth-order valence-corrected chi connectivity index (χ4v) is 4.36. The minimum Gasteiger partial charge on any atom is -0.480 e. The number of fused-ring (bicyclic) bond motifs is 1. The lowest BCUT2D eigenvalue weighted by Gasteiger charge is -2.37. The molecule has 3 unspecified atom stereocenters. The van der Waals surface area contributed by atoms with Crippen LogP contribution in [0.25, 0.3) is 11.0 Å². The average Bonchev–Trinajstić information content (AvgIpc) is 3.10. The van der Waals surface area contributed by atoms with Crippen molar-refractivity contribution in [3.63, 3.8) is 0 Å². The van der Waals surface area contributed by atoms with Gasteiger partial charge in [-0.3, -0.25) is 4.79 Å². The molecule has 1 amide bonds. The van der Waals surface area contributed by atoms with Gasteiger partial charge in [0.1, 0.15) is 19.0 Å². The topological polar surface area (TPSA) is 104 Å². The van der Waals surface area contributed by atoms with Crippen LogP contribution in [0.5, 0.6) is 0 Å². The fourth-order valence-electron chi connectivity index (χ4n) is 4.36. The second kappa shape index (κ2) is 9.89. The maximum absolute atomic E-state index is 12.0. The number of imidazole rings is 1. The summed E-state index contributed by atoms with van der Waals surface area (Å²) in [6.45, 7) is 6.45.